The first kappa shape index (κ1) is 13.3. The van der Waals surface area contributed by atoms with Crippen LogP contribution in [0.4, 0.5) is 0 Å². The van der Waals surface area contributed by atoms with Gasteiger partial charge in [0.1, 0.15) is 18.3 Å². The highest BCUT2D eigenvalue weighted by Crippen LogP contribution is 2.27. The Labute approximate surface area is 106 Å². The molecule has 100 valence electrons. The van der Waals surface area contributed by atoms with E-state index < -0.39 is 42.4 Å². The van der Waals surface area contributed by atoms with E-state index in [0.29, 0.717) is 3.97 Å². The fourth-order valence-electron chi connectivity index (χ4n) is 1.79. The maximum atomic E-state index is 11.7. The molecular weight excluding hydrogens is 264 g/mol. The molecule has 1 aliphatic rings. The van der Waals surface area contributed by atoms with Gasteiger partial charge in [-0.25, -0.2) is 8.77 Å². The van der Waals surface area contributed by atoms with Gasteiger partial charge < -0.3 is 20.1 Å². The number of thiol groups is 1. The van der Waals surface area contributed by atoms with Gasteiger partial charge in [0.2, 0.25) is 0 Å². The second kappa shape index (κ2) is 4.86. The van der Waals surface area contributed by atoms with Crippen molar-refractivity contribution < 1.29 is 20.1 Å². The van der Waals surface area contributed by atoms with E-state index in [9.17, 15) is 19.8 Å². The molecule has 18 heavy (non-hydrogen) atoms. The number of nitrogens with zero attached hydrogens (tertiary/aromatic N) is 2. The van der Waals surface area contributed by atoms with Crippen LogP contribution >= 0.6 is 12.8 Å². The predicted molar refractivity (Wildman–Crippen MR) is 62.4 cm³/mol. The van der Waals surface area contributed by atoms with E-state index in [1.54, 1.807) is 0 Å². The molecule has 0 amide bonds. The van der Waals surface area contributed by atoms with Crippen LogP contribution in [0.25, 0.3) is 0 Å². The molecule has 9 heteroatoms. The van der Waals surface area contributed by atoms with Crippen LogP contribution in [-0.4, -0.2) is 48.8 Å². The molecule has 1 fully saturated rings. The van der Waals surface area contributed by atoms with Crippen LogP contribution in [-0.2, 0) is 4.74 Å². The maximum absolute atomic E-state index is 11.7. The third kappa shape index (κ3) is 1.99. The van der Waals surface area contributed by atoms with Gasteiger partial charge in [0, 0.05) is 12.3 Å². The van der Waals surface area contributed by atoms with Gasteiger partial charge >= 0.3 is 5.69 Å². The summed E-state index contributed by atoms with van der Waals surface area (Å²) in [7, 11) is 0. The molecule has 4 atom stereocenters. The molecule has 1 saturated heterocycles. The van der Waals surface area contributed by atoms with Crippen LogP contribution in [0.2, 0.25) is 0 Å². The van der Waals surface area contributed by atoms with Crippen molar-refractivity contribution in [3.05, 3.63) is 33.1 Å². The second-order valence-corrected chi connectivity index (χ2v) is 4.28. The highest BCUT2D eigenvalue weighted by atomic mass is 32.1. The lowest BCUT2D eigenvalue weighted by Gasteiger charge is -2.17. The minimum Gasteiger partial charge on any atom is -0.394 e. The van der Waals surface area contributed by atoms with Crippen LogP contribution in [0, 0.1) is 0 Å². The summed E-state index contributed by atoms with van der Waals surface area (Å²) >= 11 is 3.69. The predicted octanol–water partition coefficient (Wildman–Crippen LogP) is -2.69. The third-order valence-corrected chi connectivity index (χ3v) is 3.15. The number of rotatable bonds is 2. The number of ether oxygens (including phenoxy) is 1. The smallest absolute Gasteiger partial charge is 0.343 e. The van der Waals surface area contributed by atoms with Crippen molar-refractivity contribution in [3.63, 3.8) is 0 Å². The van der Waals surface area contributed by atoms with E-state index in [1.807, 2.05) is 0 Å². The average Bonchev–Trinajstić information content (AvgIpc) is 2.64. The zero-order valence-corrected chi connectivity index (χ0v) is 9.97. The van der Waals surface area contributed by atoms with Gasteiger partial charge in [-0.05, 0) is 0 Å². The minimum atomic E-state index is -1.38. The van der Waals surface area contributed by atoms with Gasteiger partial charge in [0.15, 0.2) is 6.23 Å². The summed E-state index contributed by atoms with van der Waals surface area (Å²) in [6.07, 6.45) is -3.73. The van der Waals surface area contributed by atoms with Crippen molar-refractivity contribution in [2.45, 2.75) is 24.5 Å². The topological polar surface area (TPSA) is 114 Å². The van der Waals surface area contributed by atoms with Crippen LogP contribution in [0.15, 0.2) is 21.9 Å². The SMILES string of the molecule is O=c1ccn([C@@H]2O[C@H](CO)[C@@H](O)[C@H]2O)c(=O)n1S. The van der Waals surface area contributed by atoms with Crippen molar-refractivity contribution in [1.82, 2.24) is 8.54 Å². The van der Waals surface area contributed by atoms with Gasteiger partial charge in [-0.15, -0.1) is 0 Å². The Bertz CT molecular complexity index is 555. The third-order valence-electron chi connectivity index (χ3n) is 2.78. The fourth-order valence-corrected chi connectivity index (χ4v) is 1.96. The maximum Gasteiger partial charge on any atom is 0.343 e. The largest absolute Gasteiger partial charge is 0.394 e. The van der Waals surface area contributed by atoms with E-state index in [0.717, 1.165) is 16.8 Å². The highest BCUT2D eigenvalue weighted by molar-refractivity contribution is 7.78. The molecule has 8 nitrogen and oxygen atoms in total. The normalized spacial score (nSPS) is 31.8. The molecule has 2 heterocycles. The van der Waals surface area contributed by atoms with Crippen LogP contribution in [0.5, 0.6) is 0 Å². The Balaban J connectivity index is 2.42. The summed E-state index contributed by atoms with van der Waals surface area (Å²) in [6.45, 7) is -0.496. The molecule has 0 aliphatic carbocycles. The van der Waals surface area contributed by atoms with E-state index >= 15 is 0 Å². The number of aliphatic hydroxyl groups excluding tert-OH is 3. The summed E-state index contributed by atoms with van der Waals surface area (Å²) in [4.78, 5) is 22.9. The molecule has 0 bridgehead atoms. The second-order valence-electron chi connectivity index (χ2n) is 3.88. The average molecular weight is 276 g/mol. The van der Waals surface area contributed by atoms with Crippen molar-refractivity contribution in [2.24, 2.45) is 0 Å². The van der Waals surface area contributed by atoms with Crippen molar-refractivity contribution >= 4 is 12.8 Å². The van der Waals surface area contributed by atoms with Crippen molar-refractivity contribution in [3.8, 4) is 0 Å². The first-order valence-electron chi connectivity index (χ1n) is 5.13. The standard InChI is InChI=1S/C9H12N2O6S/c12-3-4-6(14)7(15)8(17-4)10-2-1-5(13)11(18)9(10)16/h1-2,4,6-8,12,14-15,18H,3H2/t4-,6-,7-,8-/m1/s1. The molecule has 1 aliphatic heterocycles. The fraction of sp³-hybridized carbons (Fsp3) is 0.556. The molecule has 0 saturated carbocycles. The van der Waals surface area contributed by atoms with Gasteiger partial charge in [-0.1, -0.05) is 12.8 Å². The Hall–Kier alpha value is -1.13. The lowest BCUT2D eigenvalue weighted by molar-refractivity contribution is -0.0551. The van der Waals surface area contributed by atoms with Crippen LogP contribution in [0.1, 0.15) is 6.23 Å². The molecule has 0 radical (unpaired) electrons. The first-order valence-corrected chi connectivity index (χ1v) is 5.53. The highest BCUT2D eigenvalue weighted by Gasteiger charge is 2.43. The quantitative estimate of drug-likeness (QED) is 0.438. The van der Waals surface area contributed by atoms with Gasteiger partial charge in [0.05, 0.1) is 6.61 Å². The Morgan fingerprint density at radius 1 is 1.33 bits per heavy atom. The molecule has 0 aromatic carbocycles. The van der Waals surface area contributed by atoms with Crippen molar-refractivity contribution in [2.75, 3.05) is 6.61 Å². The molecule has 3 N–H and O–H groups in total. The summed E-state index contributed by atoms with van der Waals surface area (Å²) in [5, 5.41) is 28.2. The lowest BCUT2D eigenvalue weighted by atomic mass is 10.1. The summed E-state index contributed by atoms with van der Waals surface area (Å²) in [6, 6.07) is 1.07. The molecule has 0 spiro atoms. The Morgan fingerprint density at radius 2 is 2.00 bits per heavy atom. The number of aromatic nitrogens is 2. The number of hydrogen-bond donors (Lipinski definition) is 4. The molecule has 0 unspecified atom stereocenters. The Morgan fingerprint density at radius 3 is 2.56 bits per heavy atom. The van der Waals surface area contributed by atoms with Gasteiger partial charge in [0.25, 0.3) is 5.56 Å². The van der Waals surface area contributed by atoms with Gasteiger partial charge in [-0.3, -0.25) is 9.36 Å². The zero-order valence-electron chi connectivity index (χ0n) is 9.08. The van der Waals surface area contributed by atoms with Crippen molar-refractivity contribution in [1.29, 1.82) is 0 Å². The minimum absolute atomic E-state index is 0.496. The summed E-state index contributed by atoms with van der Waals surface area (Å²) in [5.74, 6) is 0. The van der Waals surface area contributed by atoms with Crippen LogP contribution in [0.3, 0.4) is 0 Å². The van der Waals surface area contributed by atoms with E-state index in [-0.39, 0.29) is 0 Å². The van der Waals surface area contributed by atoms with E-state index in [4.69, 9.17) is 9.84 Å². The van der Waals surface area contributed by atoms with Crippen LogP contribution < -0.4 is 11.2 Å². The lowest BCUT2D eigenvalue weighted by Crippen LogP contribution is -2.40. The summed E-state index contributed by atoms with van der Waals surface area (Å²) in [5.41, 5.74) is -1.42. The summed E-state index contributed by atoms with van der Waals surface area (Å²) < 4.78 is 6.64. The van der Waals surface area contributed by atoms with E-state index in [2.05, 4.69) is 12.8 Å². The molecule has 1 aromatic rings. The number of hydrogen-bond acceptors (Lipinski definition) is 7. The number of aliphatic hydroxyl groups is 3. The zero-order chi connectivity index (χ0) is 13.4. The monoisotopic (exact) mass is 276 g/mol. The molecule has 1 aromatic heterocycles. The first-order chi connectivity index (χ1) is 8.47. The Kier molecular flexibility index (Phi) is 3.59. The molecule has 2 rings (SSSR count). The van der Waals surface area contributed by atoms with E-state index in [1.165, 1.54) is 0 Å². The van der Waals surface area contributed by atoms with Gasteiger partial charge in [-0.2, -0.15) is 0 Å². The molecular formula is C9H12N2O6S.